The maximum atomic E-state index is 12.8. The molecule has 0 spiro atoms. The van der Waals surface area contributed by atoms with Gasteiger partial charge in [0.15, 0.2) is 0 Å². The van der Waals surface area contributed by atoms with E-state index < -0.39 is 17.6 Å². The minimum Gasteiger partial charge on any atom is -0.348 e. The van der Waals surface area contributed by atoms with Gasteiger partial charge in [0, 0.05) is 21.3 Å². The van der Waals surface area contributed by atoms with Crippen molar-refractivity contribution >= 4 is 33.6 Å². The maximum absolute atomic E-state index is 12.8. The van der Waals surface area contributed by atoms with E-state index in [-0.39, 0.29) is 16.1 Å². The summed E-state index contributed by atoms with van der Waals surface area (Å²) in [7, 11) is 0. The molecule has 1 saturated carbocycles. The van der Waals surface area contributed by atoms with Crippen LogP contribution in [-0.4, -0.2) is 23.5 Å². The summed E-state index contributed by atoms with van der Waals surface area (Å²) in [6, 6.07) is 3.59. The van der Waals surface area contributed by atoms with Crippen molar-refractivity contribution < 1.29 is 18.0 Å². The molecule has 2 rings (SSSR count). The molecule has 7 heteroatoms. The SMILES string of the molecule is CSC1CCCC1NC(=O)c1ccc(Br)c(C(F)(F)F)c1. The van der Waals surface area contributed by atoms with E-state index in [1.807, 2.05) is 6.26 Å². The number of nitrogens with one attached hydrogen (secondary N) is 1. The van der Waals surface area contributed by atoms with Crippen molar-refractivity contribution in [3.63, 3.8) is 0 Å². The van der Waals surface area contributed by atoms with E-state index in [2.05, 4.69) is 21.2 Å². The van der Waals surface area contributed by atoms with Crippen molar-refractivity contribution in [2.24, 2.45) is 0 Å². The van der Waals surface area contributed by atoms with Gasteiger partial charge in [-0.2, -0.15) is 24.9 Å². The number of alkyl halides is 3. The molecule has 0 aliphatic heterocycles. The molecule has 0 aromatic heterocycles. The minimum absolute atomic E-state index is 0.0329. The zero-order valence-corrected chi connectivity index (χ0v) is 13.7. The quantitative estimate of drug-likeness (QED) is 0.835. The van der Waals surface area contributed by atoms with Crippen LogP contribution in [0.4, 0.5) is 13.2 Å². The lowest BCUT2D eigenvalue weighted by Gasteiger charge is -2.19. The van der Waals surface area contributed by atoms with Crippen molar-refractivity contribution in [2.45, 2.75) is 36.7 Å². The van der Waals surface area contributed by atoms with E-state index in [0.717, 1.165) is 25.3 Å². The number of hydrogen-bond donors (Lipinski definition) is 1. The highest BCUT2D eigenvalue weighted by Crippen LogP contribution is 2.35. The number of benzene rings is 1. The summed E-state index contributed by atoms with van der Waals surface area (Å²) in [5.74, 6) is -0.445. The monoisotopic (exact) mass is 381 g/mol. The molecule has 0 saturated heterocycles. The van der Waals surface area contributed by atoms with Gasteiger partial charge in [-0.05, 0) is 37.3 Å². The summed E-state index contributed by atoms with van der Waals surface area (Å²) in [5, 5.41) is 3.19. The zero-order chi connectivity index (χ0) is 15.6. The fourth-order valence-corrected chi connectivity index (χ4v) is 3.92. The van der Waals surface area contributed by atoms with Crippen LogP contribution >= 0.6 is 27.7 Å². The molecule has 2 atom stereocenters. The Morgan fingerprint density at radius 3 is 2.71 bits per heavy atom. The van der Waals surface area contributed by atoms with E-state index >= 15 is 0 Å². The lowest BCUT2D eigenvalue weighted by atomic mass is 10.1. The molecule has 1 aromatic carbocycles. The number of rotatable bonds is 3. The summed E-state index contributed by atoms with van der Waals surface area (Å²) < 4.78 is 38.5. The lowest BCUT2D eigenvalue weighted by molar-refractivity contribution is -0.138. The molecule has 0 heterocycles. The fourth-order valence-electron chi connectivity index (χ4n) is 2.51. The van der Waals surface area contributed by atoms with Gasteiger partial charge < -0.3 is 5.32 Å². The van der Waals surface area contributed by atoms with Crippen molar-refractivity contribution in [1.82, 2.24) is 5.32 Å². The predicted molar refractivity (Wildman–Crippen MR) is 81.6 cm³/mol. The van der Waals surface area contributed by atoms with Gasteiger partial charge in [-0.1, -0.05) is 22.4 Å². The largest absolute Gasteiger partial charge is 0.417 e. The zero-order valence-electron chi connectivity index (χ0n) is 11.3. The fraction of sp³-hybridized carbons (Fsp3) is 0.500. The molecule has 1 N–H and O–H groups in total. The van der Waals surface area contributed by atoms with Crippen LogP contribution < -0.4 is 5.32 Å². The van der Waals surface area contributed by atoms with Gasteiger partial charge in [-0.15, -0.1) is 0 Å². The molecule has 1 aliphatic carbocycles. The molecule has 0 radical (unpaired) electrons. The Labute approximate surface area is 134 Å². The second-order valence-electron chi connectivity index (χ2n) is 4.98. The number of amides is 1. The van der Waals surface area contributed by atoms with Crippen molar-refractivity contribution in [3.8, 4) is 0 Å². The average Bonchev–Trinajstić information content (AvgIpc) is 2.85. The van der Waals surface area contributed by atoms with Crippen LogP contribution in [0.1, 0.15) is 35.2 Å². The summed E-state index contributed by atoms with van der Waals surface area (Å²) in [6.45, 7) is 0. The van der Waals surface area contributed by atoms with E-state index in [4.69, 9.17) is 0 Å². The second kappa shape index (κ2) is 6.60. The van der Waals surface area contributed by atoms with Gasteiger partial charge in [-0.3, -0.25) is 4.79 Å². The van der Waals surface area contributed by atoms with Crippen molar-refractivity contribution in [3.05, 3.63) is 33.8 Å². The van der Waals surface area contributed by atoms with Crippen LogP contribution in [0, 0.1) is 0 Å². The van der Waals surface area contributed by atoms with Crippen LogP contribution in [0.25, 0.3) is 0 Å². The smallest absolute Gasteiger partial charge is 0.348 e. The lowest BCUT2D eigenvalue weighted by Crippen LogP contribution is -2.38. The normalized spacial score (nSPS) is 22.3. The average molecular weight is 382 g/mol. The topological polar surface area (TPSA) is 29.1 Å². The molecule has 2 nitrogen and oxygen atoms in total. The Morgan fingerprint density at radius 2 is 2.10 bits per heavy atom. The van der Waals surface area contributed by atoms with Gasteiger partial charge in [0.05, 0.1) is 5.56 Å². The molecule has 1 aromatic rings. The highest BCUT2D eigenvalue weighted by Gasteiger charge is 2.34. The van der Waals surface area contributed by atoms with Crippen LogP contribution in [0.2, 0.25) is 0 Å². The van der Waals surface area contributed by atoms with Crippen LogP contribution in [0.3, 0.4) is 0 Å². The standard InChI is InChI=1S/C14H15BrF3NOS/c1-21-12-4-2-3-11(12)19-13(20)8-5-6-10(15)9(7-8)14(16,17)18/h5-7,11-12H,2-4H2,1H3,(H,19,20). The molecule has 1 fully saturated rings. The van der Waals surface area contributed by atoms with E-state index in [1.165, 1.54) is 12.1 Å². The van der Waals surface area contributed by atoms with Crippen LogP contribution in [0.15, 0.2) is 22.7 Å². The molecule has 21 heavy (non-hydrogen) atoms. The van der Waals surface area contributed by atoms with Gasteiger partial charge >= 0.3 is 6.18 Å². The number of hydrogen-bond acceptors (Lipinski definition) is 2. The molecule has 2 unspecified atom stereocenters. The highest BCUT2D eigenvalue weighted by atomic mass is 79.9. The number of halogens is 4. The second-order valence-corrected chi connectivity index (χ2v) is 6.91. The summed E-state index contributed by atoms with van der Waals surface area (Å²) in [6.07, 6.45) is 0.436. The molecule has 1 aliphatic rings. The molecule has 116 valence electrons. The van der Waals surface area contributed by atoms with E-state index in [1.54, 1.807) is 11.8 Å². The number of carbonyl (C=O) groups excluding carboxylic acids is 1. The van der Waals surface area contributed by atoms with Crippen LogP contribution in [-0.2, 0) is 6.18 Å². The Hall–Kier alpha value is -0.690. The first-order chi connectivity index (χ1) is 9.82. The summed E-state index contributed by atoms with van der Waals surface area (Å²) in [4.78, 5) is 12.1. The third-order valence-corrected chi connectivity index (χ3v) is 5.47. The van der Waals surface area contributed by atoms with Crippen molar-refractivity contribution in [1.29, 1.82) is 0 Å². The molecular formula is C14H15BrF3NOS. The highest BCUT2D eigenvalue weighted by molar-refractivity contribution is 9.10. The first kappa shape index (κ1) is 16.7. The van der Waals surface area contributed by atoms with E-state index in [0.29, 0.717) is 5.25 Å². The number of thioether (sulfide) groups is 1. The Bertz CT molecular complexity index is 535. The van der Waals surface area contributed by atoms with Crippen LogP contribution in [0.5, 0.6) is 0 Å². The molecular weight excluding hydrogens is 367 g/mol. The van der Waals surface area contributed by atoms with Gasteiger partial charge in [-0.25, -0.2) is 0 Å². The van der Waals surface area contributed by atoms with E-state index in [9.17, 15) is 18.0 Å². The maximum Gasteiger partial charge on any atom is 0.417 e. The third kappa shape index (κ3) is 3.94. The Morgan fingerprint density at radius 1 is 1.38 bits per heavy atom. The van der Waals surface area contributed by atoms with Gasteiger partial charge in [0.2, 0.25) is 0 Å². The Balaban J connectivity index is 2.16. The third-order valence-electron chi connectivity index (χ3n) is 3.61. The van der Waals surface area contributed by atoms with Gasteiger partial charge in [0.1, 0.15) is 0 Å². The number of carbonyl (C=O) groups is 1. The molecule has 0 bridgehead atoms. The minimum atomic E-state index is -4.48. The van der Waals surface area contributed by atoms with Crippen molar-refractivity contribution in [2.75, 3.05) is 6.26 Å². The summed E-state index contributed by atoms with van der Waals surface area (Å²) >= 11 is 4.55. The Kier molecular flexibility index (Phi) is 5.24. The summed E-state index contributed by atoms with van der Waals surface area (Å²) in [5.41, 5.74) is -0.791. The predicted octanol–water partition coefficient (Wildman–Crippen LogP) is 4.48. The first-order valence-corrected chi connectivity index (χ1v) is 8.61. The molecule has 1 amide bonds. The first-order valence-electron chi connectivity index (χ1n) is 6.53. The van der Waals surface area contributed by atoms with Gasteiger partial charge in [0.25, 0.3) is 5.91 Å².